The van der Waals surface area contributed by atoms with Gasteiger partial charge in [0.15, 0.2) is 10.8 Å². The highest BCUT2D eigenvalue weighted by molar-refractivity contribution is 7.11. The van der Waals surface area contributed by atoms with Gasteiger partial charge in [0.05, 0.1) is 6.61 Å². The SMILES string of the molecule is CCc1ccc(OCCCC(=O)c2nccs2)cc1. The van der Waals surface area contributed by atoms with Crippen LogP contribution in [0.4, 0.5) is 0 Å². The van der Waals surface area contributed by atoms with Crippen molar-refractivity contribution in [3.05, 3.63) is 46.4 Å². The minimum Gasteiger partial charge on any atom is -0.494 e. The number of hydrogen-bond donors (Lipinski definition) is 0. The molecule has 0 spiro atoms. The number of aryl methyl sites for hydroxylation is 1. The van der Waals surface area contributed by atoms with E-state index >= 15 is 0 Å². The first-order valence-electron chi connectivity index (χ1n) is 6.44. The Morgan fingerprint density at radius 1 is 1.32 bits per heavy atom. The Morgan fingerprint density at radius 2 is 2.11 bits per heavy atom. The van der Waals surface area contributed by atoms with Gasteiger partial charge in [0.2, 0.25) is 0 Å². The lowest BCUT2D eigenvalue weighted by Gasteiger charge is -2.06. The van der Waals surface area contributed by atoms with Crippen LogP contribution in [0.3, 0.4) is 0 Å². The van der Waals surface area contributed by atoms with E-state index in [0.29, 0.717) is 24.5 Å². The van der Waals surface area contributed by atoms with Crippen molar-refractivity contribution in [2.45, 2.75) is 26.2 Å². The second-order valence-corrected chi connectivity index (χ2v) is 5.10. The van der Waals surface area contributed by atoms with Crippen LogP contribution in [0.1, 0.15) is 35.1 Å². The number of ketones is 1. The third-order valence-corrected chi connectivity index (χ3v) is 3.63. The van der Waals surface area contributed by atoms with E-state index in [1.54, 1.807) is 6.20 Å². The second-order valence-electron chi connectivity index (χ2n) is 4.21. The Bertz CT molecular complexity index is 505. The lowest BCUT2D eigenvalue weighted by Crippen LogP contribution is -2.03. The number of Topliss-reactive ketones (excluding diaryl/α,β-unsaturated/α-hetero) is 1. The molecule has 0 aliphatic rings. The predicted molar refractivity (Wildman–Crippen MR) is 77.0 cm³/mol. The molecule has 0 amide bonds. The highest BCUT2D eigenvalue weighted by atomic mass is 32.1. The van der Waals surface area contributed by atoms with Crippen LogP contribution in [0.5, 0.6) is 5.75 Å². The van der Waals surface area contributed by atoms with E-state index in [1.165, 1.54) is 16.9 Å². The molecule has 0 atom stereocenters. The van der Waals surface area contributed by atoms with Crippen molar-refractivity contribution in [3.8, 4) is 5.75 Å². The maximum Gasteiger partial charge on any atom is 0.191 e. The highest BCUT2D eigenvalue weighted by Crippen LogP contribution is 2.14. The first-order chi connectivity index (χ1) is 9.29. The number of nitrogens with zero attached hydrogens (tertiary/aromatic N) is 1. The van der Waals surface area contributed by atoms with Crippen LogP contribution in [0.15, 0.2) is 35.8 Å². The lowest BCUT2D eigenvalue weighted by molar-refractivity contribution is 0.0973. The Hall–Kier alpha value is -1.68. The van der Waals surface area contributed by atoms with Gasteiger partial charge >= 0.3 is 0 Å². The molecule has 3 nitrogen and oxygen atoms in total. The summed E-state index contributed by atoms with van der Waals surface area (Å²) in [7, 11) is 0. The van der Waals surface area contributed by atoms with E-state index in [9.17, 15) is 4.79 Å². The maximum absolute atomic E-state index is 11.7. The molecule has 100 valence electrons. The molecule has 1 heterocycles. The number of rotatable bonds is 7. The molecule has 1 aromatic carbocycles. The van der Waals surface area contributed by atoms with Crippen LogP contribution in [-0.2, 0) is 6.42 Å². The summed E-state index contributed by atoms with van der Waals surface area (Å²) in [4.78, 5) is 15.7. The van der Waals surface area contributed by atoms with E-state index in [2.05, 4.69) is 24.0 Å². The second kappa shape index (κ2) is 7.04. The van der Waals surface area contributed by atoms with Gasteiger partial charge < -0.3 is 4.74 Å². The summed E-state index contributed by atoms with van der Waals surface area (Å²) in [6.07, 6.45) is 3.89. The molecule has 0 saturated carbocycles. The van der Waals surface area contributed by atoms with Gasteiger partial charge in [-0.3, -0.25) is 4.79 Å². The van der Waals surface area contributed by atoms with Gasteiger partial charge in [-0.05, 0) is 30.5 Å². The zero-order valence-corrected chi connectivity index (χ0v) is 11.8. The fourth-order valence-corrected chi connectivity index (χ4v) is 2.32. The Balaban J connectivity index is 1.70. The largest absolute Gasteiger partial charge is 0.494 e. The van der Waals surface area contributed by atoms with Crippen molar-refractivity contribution in [2.75, 3.05) is 6.61 Å². The molecule has 0 unspecified atom stereocenters. The molecule has 0 saturated heterocycles. The van der Waals surface area contributed by atoms with Gasteiger partial charge in [0.1, 0.15) is 5.75 Å². The first-order valence-corrected chi connectivity index (χ1v) is 7.32. The Labute approximate surface area is 117 Å². The number of carbonyl (C=O) groups is 1. The van der Waals surface area contributed by atoms with E-state index in [0.717, 1.165) is 12.2 Å². The zero-order chi connectivity index (χ0) is 13.5. The van der Waals surface area contributed by atoms with Crippen molar-refractivity contribution >= 4 is 17.1 Å². The fourth-order valence-electron chi connectivity index (χ4n) is 1.71. The Kier molecular flexibility index (Phi) is 5.10. The molecule has 0 N–H and O–H groups in total. The number of ether oxygens (including phenoxy) is 1. The van der Waals surface area contributed by atoms with Gasteiger partial charge in [-0.15, -0.1) is 11.3 Å². The van der Waals surface area contributed by atoms with E-state index in [1.807, 2.05) is 17.5 Å². The van der Waals surface area contributed by atoms with Crippen molar-refractivity contribution < 1.29 is 9.53 Å². The minimum atomic E-state index is 0.0972. The first kappa shape index (κ1) is 13.7. The third-order valence-electron chi connectivity index (χ3n) is 2.82. The summed E-state index contributed by atoms with van der Waals surface area (Å²) < 4.78 is 5.60. The van der Waals surface area contributed by atoms with Crippen LogP contribution in [0.2, 0.25) is 0 Å². The number of hydrogen-bond acceptors (Lipinski definition) is 4. The van der Waals surface area contributed by atoms with Gasteiger partial charge in [-0.2, -0.15) is 0 Å². The molecule has 0 bridgehead atoms. The summed E-state index contributed by atoms with van der Waals surface area (Å²) in [6, 6.07) is 8.08. The Morgan fingerprint density at radius 3 is 2.74 bits per heavy atom. The van der Waals surface area contributed by atoms with Gasteiger partial charge in [-0.25, -0.2) is 4.98 Å². The summed E-state index contributed by atoms with van der Waals surface area (Å²) in [5.74, 6) is 0.957. The van der Waals surface area contributed by atoms with Crippen molar-refractivity contribution in [2.24, 2.45) is 0 Å². The van der Waals surface area contributed by atoms with Gasteiger partial charge in [0.25, 0.3) is 0 Å². The van der Waals surface area contributed by atoms with E-state index in [-0.39, 0.29) is 5.78 Å². The molecule has 2 aromatic rings. The predicted octanol–water partition coefficient (Wildman–Crippen LogP) is 3.75. The third kappa shape index (κ3) is 4.17. The van der Waals surface area contributed by atoms with E-state index in [4.69, 9.17) is 4.74 Å². The molecule has 0 aliphatic carbocycles. The zero-order valence-electron chi connectivity index (χ0n) is 11.0. The lowest BCUT2D eigenvalue weighted by atomic mass is 10.2. The van der Waals surface area contributed by atoms with Crippen LogP contribution in [0, 0.1) is 0 Å². The fraction of sp³-hybridized carbons (Fsp3) is 0.333. The van der Waals surface area contributed by atoms with Crippen LogP contribution < -0.4 is 4.74 Å². The average Bonchev–Trinajstić information content (AvgIpc) is 2.98. The van der Waals surface area contributed by atoms with Crippen LogP contribution in [0.25, 0.3) is 0 Å². The highest BCUT2D eigenvalue weighted by Gasteiger charge is 2.07. The smallest absolute Gasteiger partial charge is 0.191 e. The summed E-state index contributed by atoms with van der Waals surface area (Å²) >= 11 is 1.39. The molecular formula is C15H17NO2S. The average molecular weight is 275 g/mol. The molecule has 2 rings (SSSR count). The summed E-state index contributed by atoms with van der Waals surface area (Å²) in [5, 5.41) is 2.41. The molecule has 0 fully saturated rings. The topological polar surface area (TPSA) is 39.2 Å². The normalized spacial score (nSPS) is 10.4. The van der Waals surface area contributed by atoms with Crippen LogP contribution >= 0.6 is 11.3 Å². The van der Waals surface area contributed by atoms with Crippen LogP contribution in [-0.4, -0.2) is 17.4 Å². The molecule has 0 aliphatic heterocycles. The standard InChI is InChI=1S/C15H17NO2S/c1-2-12-5-7-13(8-6-12)18-10-3-4-14(17)15-16-9-11-19-15/h5-9,11H,2-4,10H2,1H3. The van der Waals surface area contributed by atoms with Gasteiger partial charge in [-0.1, -0.05) is 19.1 Å². The summed E-state index contributed by atoms with van der Waals surface area (Å²) in [5.41, 5.74) is 1.30. The maximum atomic E-state index is 11.7. The number of thiazole rings is 1. The van der Waals surface area contributed by atoms with Crippen molar-refractivity contribution in [1.82, 2.24) is 4.98 Å². The van der Waals surface area contributed by atoms with E-state index < -0.39 is 0 Å². The minimum absolute atomic E-state index is 0.0972. The summed E-state index contributed by atoms with van der Waals surface area (Å²) in [6.45, 7) is 2.68. The number of aromatic nitrogens is 1. The molecule has 19 heavy (non-hydrogen) atoms. The molecule has 4 heteroatoms. The number of carbonyl (C=O) groups excluding carboxylic acids is 1. The monoisotopic (exact) mass is 275 g/mol. The van der Waals surface area contributed by atoms with Crippen molar-refractivity contribution in [1.29, 1.82) is 0 Å². The van der Waals surface area contributed by atoms with Crippen molar-refractivity contribution in [3.63, 3.8) is 0 Å². The molecular weight excluding hydrogens is 258 g/mol. The molecule has 1 aromatic heterocycles. The number of benzene rings is 1. The quantitative estimate of drug-likeness (QED) is 0.570. The van der Waals surface area contributed by atoms with Gasteiger partial charge in [0, 0.05) is 18.0 Å². The molecule has 0 radical (unpaired) electrons.